The number of hydrogen-bond donors (Lipinski definition) is 1. The molecule has 2 aromatic carbocycles. The molecule has 1 unspecified atom stereocenters. The summed E-state index contributed by atoms with van der Waals surface area (Å²) < 4.78 is 13.0. The van der Waals surface area contributed by atoms with Crippen molar-refractivity contribution in [2.75, 3.05) is 0 Å². The van der Waals surface area contributed by atoms with Gasteiger partial charge in [0.2, 0.25) is 0 Å². The number of hydrogen-bond acceptors (Lipinski definition) is 1. The van der Waals surface area contributed by atoms with Crippen molar-refractivity contribution in [1.29, 1.82) is 0 Å². The quantitative estimate of drug-likeness (QED) is 0.836. The van der Waals surface area contributed by atoms with Gasteiger partial charge in [0, 0.05) is 12.6 Å². The van der Waals surface area contributed by atoms with Gasteiger partial charge >= 0.3 is 0 Å². The van der Waals surface area contributed by atoms with E-state index in [1.807, 2.05) is 12.1 Å². The summed E-state index contributed by atoms with van der Waals surface area (Å²) in [6.45, 7) is 7.28. The Morgan fingerprint density at radius 3 is 2.35 bits per heavy atom. The highest BCUT2D eigenvalue weighted by atomic mass is 19.1. The molecule has 20 heavy (non-hydrogen) atoms. The minimum absolute atomic E-state index is 0.185. The molecule has 0 fully saturated rings. The smallest absolute Gasteiger partial charge is 0.123 e. The summed E-state index contributed by atoms with van der Waals surface area (Å²) in [7, 11) is 0. The average Bonchev–Trinajstić information content (AvgIpc) is 2.41. The first-order chi connectivity index (χ1) is 9.56. The van der Waals surface area contributed by atoms with Gasteiger partial charge in [-0.05, 0) is 36.1 Å². The Hall–Kier alpha value is -1.67. The molecule has 0 aliphatic heterocycles. The fourth-order valence-electron chi connectivity index (χ4n) is 2.46. The van der Waals surface area contributed by atoms with Crippen molar-refractivity contribution in [1.82, 2.24) is 5.32 Å². The maximum Gasteiger partial charge on any atom is 0.123 e. The first-order valence-electron chi connectivity index (χ1n) is 7.10. The minimum atomic E-state index is -0.185. The lowest BCUT2D eigenvalue weighted by Gasteiger charge is -2.23. The number of halogens is 1. The van der Waals surface area contributed by atoms with Crippen LogP contribution in [0.15, 0.2) is 48.5 Å². The van der Waals surface area contributed by atoms with Crippen molar-refractivity contribution in [2.45, 2.75) is 33.4 Å². The summed E-state index contributed by atoms with van der Waals surface area (Å²) in [4.78, 5) is 0. The van der Waals surface area contributed by atoms with Crippen molar-refractivity contribution < 1.29 is 4.39 Å². The standard InChI is InChI=1S/C18H22FN/c1-13(2)18(16-7-9-17(19)10-8-16)20-12-15-6-4-5-14(3)11-15/h4-11,13,18,20H,12H2,1-3H3. The first kappa shape index (κ1) is 14.7. The SMILES string of the molecule is Cc1cccc(CNC(c2ccc(F)cc2)C(C)C)c1. The van der Waals surface area contributed by atoms with E-state index < -0.39 is 0 Å². The second-order valence-electron chi connectivity index (χ2n) is 5.64. The highest BCUT2D eigenvalue weighted by Crippen LogP contribution is 2.22. The molecule has 0 saturated carbocycles. The Bertz CT molecular complexity index is 546. The van der Waals surface area contributed by atoms with Gasteiger partial charge in [0.05, 0.1) is 0 Å². The van der Waals surface area contributed by atoms with Crippen LogP contribution in [-0.4, -0.2) is 0 Å². The molecule has 0 radical (unpaired) electrons. The van der Waals surface area contributed by atoms with Crippen LogP contribution in [0.2, 0.25) is 0 Å². The summed E-state index contributed by atoms with van der Waals surface area (Å²) in [5, 5.41) is 3.58. The molecular weight excluding hydrogens is 249 g/mol. The number of benzene rings is 2. The molecular formula is C18H22FN. The van der Waals surface area contributed by atoms with Crippen molar-refractivity contribution in [3.63, 3.8) is 0 Å². The predicted molar refractivity (Wildman–Crippen MR) is 82.0 cm³/mol. The Labute approximate surface area is 120 Å². The molecule has 0 aliphatic carbocycles. The van der Waals surface area contributed by atoms with E-state index in [0.29, 0.717) is 5.92 Å². The van der Waals surface area contributed by atoms with Crippen LogP contribution in [0.3, 0.4) is 0 Å². The van der Waals surface area contributed by atoms with E-state index in [2.05, 4.69) is 50.4 Å². The summed E-state index contributed by atoms with van der Waals surface area (Å²) in [6, 6.07) is 15.5. The van der Waals surface area contributed by atoms with E-state index in [4.69, 9.17) is 0 Å². The van der Waals surface area contributed by atoms with Crippen LogP contribution in [0, 0.1) is 18.7 Å². The molecule has 0 aromatic heterocycles. The lowest BCUT2D eigenvalue weighted by molar-refractivity contribution is 0.410. The van der Waals surface area contributed by atoms with E-state index >= 15 is 0 Å². The fraction of sp³-hybridized carbons (Fsp3) is 0.333. The van der Waals surface area contributed by atoms with Crippen molar-refractivity contribution in [3.8, 4) is 0 Å². The first-order valence-corrected chi connectivity index (χ1v) is 7.10. The van der Waals surface area contributed by atoms with E-state index in [1.165, 1.54) is 23.3 Å². The summed E-state index contributed by atoms with van der Waals surface area (Å²) in [5.41, 5.74) is 3.68. The van der Waals surface area contributed by atoms with Crippen LogP contribution < -0.4 is 5.32 Å². The average molecular weight is 271 g/mol. The molecule has 2 rings (SSSR count). The molecule has 1 atom stereocenters. The molecule has 106 valence electrons. The Morgan fingerprint density at radius 1 is 1.05 bits per heavy atom. The van der Waals surface area contributed by atoms with Crippen molar-refractivity contribution in [3.05, 3.63) is 71.0 Å². The van der Waals surface area contributed by atoms with Crippen molar-refractivity contribution in [2.24, 2.45) is 5.92 Å². The summed E-state index contributed by atoms with van der Waals surface area (Å²) in [6.07, 6.45) is 0. The Balaban J connectivity index is 2.08. The molecule has 2 aromatic rings. The molecule has 0 saturated heterocycles. The van der Waals surface area contributed by atoms with Gasteiger partial charge in [0.15, 0.2) is 0 Å². The van der Waals surface area contributed by atoms with Gasteiger partial charge in [-0.3, -0.25) is 0 Å². The maximum atomic E-state index is 13.0. The Kier molecular flexibility index (Phi) is 4.91. The van der Waals surface area contributed by atoms with Gasteiger partial charge in [-0.1, -0.05) is 55.8 Å². The van der Waals surface area contributed by atoms with Gasteiger partial charge in [-0.25, -0.2) is 4.39 Å². The zero-order valence-electron chi connectivity index (χ0n) is 12.4. The fourth-order valence-corrected chi connectivity index (χ4v) is 2.46. The zero-order valence-corrected chi connectivity index (χ0v) is 12.4. The number of nitrogens with one attached hydrogen (secondary N) is 1. The third-order valence-electron chi connectivity index (χ3n) is 3.50. The van der Waals surface area contributed by atoms with Gasteiger partial charge in [-0.15, -0.1) is 0 Å². The van der Waals surface area contributed by atoms with E-state index in [1.54, 1.807) is 0 Å². The topological polar surface area (TPSA) is 12.0 Å². The van der Waals surface area contributed by atoms with Crippen LogP contribution >= 0.6 is 0 Å². The van der Waals surface area contributed by atoms with Crippen molar-refractivity contribution >= 4 is 0 Å². The minimum Gasteiger partial charge on any atom is -0.306 e. The number of aryl methyl sites for hydroxylation is 1. The van der Waals surface area contributed by atoms with Gasteiger partial charge in [0.25, 0.3) is 0 Å². The van der Waals surface area contributed by atoms with Gasteiger partial charge in [0.1, 0.15) is 5.82 Å². The van der Waals surface area contributed by atoms with E-state index in [0.717, 1.165) is 12.1 Å². The normalized spacial score (nSPS) is 12.7. The largest absolute Gasteiger partial charge is 0.306 e. The van der Waals surface area contributed by atoms with Crippen LogP contribution in [0.4, 0.5) is 4.39 Å². The Morgan fingerprint density at radius 2 is 1.75 bits per heavy atom. The molecule has 0 spiro atoms. The van der Waals surface area contributed by atoms with Crippen LogP contribution in [0.1, 0.15) is 36.6 Å². The monoisotopic (exact) mass is 271 g/mol. The zero-order chi connectivity index (χ0) is 14.5. The van der Waals surface area contributed by atoms with Crippen LogP contribution in [-0.2, 0) is 6.54 Å². The lowest BCUT2D eigenvalue weighted by atomic mass is 9.95. The highest BCUT2D eigenvalue weighted by Gasteiger charge is 2.15. The van der Waals surface area contributed by atoms with E-state index in [9.17, 15) is 4.39 Å². The second-order valence-corrected chi connectivity index (χ2v) is 5.64. The van der Waals surface area contributed by atoms with Crippen LogP contribution in [0.25, 0.3) is 0 Å². The highest BCUT2D eigenvalue weighted by molar-refractivity contribution is 5.24. The number of rotatable bonds is 5. The third-order valence-corrected chi connectivity index (χ3v) is 3.50. The summed E-state index contributed by atoms with van der Waals surface area (Å²) in [5.74, 6) is 0.264. The molecule has 0 aliphatic rings. The molecule has 0 bridgehead atoms. The van der Waals surface area contributed by atoms with Gasteiger partial charge in [-0.2, -0.15) is 0 Å². The summed E-state index contributed by atoms with van der Waals surface area (Å²) >= 11 is 0. The van der Waals surface area contributed by atoms with Crippen LogP contribution in [0.5, 0.6) is 0 Å². The van der Waals surface area contributed by atoms with Gasteiger partial charge < -0.3 is 5.32 Å². The maximum absolute atomic E-state index is 13.0. The third kappa shape index (κ3) is 3.91. The predicted octanol–water partition coefficient (Wildman–Crippen LogP) is 4.62. The molecule has 0 heterocycles. The molecule has 1 nitrogen and oxygen atoms in total. The second kappa shape index (κ2) is 6.67. The molecule has 1 N–H and O–H groups in total. The lowest BCUT2D eigenvalue weighted by Crippen LogP contribution is -2.25. The molecule has 2 heteroatoms. The van der Waals surface area contributed by atoms with E-state index in [-0.39, 0.29) is 11.9 Å². The molecule has 0 amide bonds.